The van der Waals surface area contributed by atoms with Crippen molar-refractivity contribution in [3.05, 3.63) is 78.0 Å². The van der Waals surface area contributed by atoms with E-state index >= 15 is 0 Å². The molecule has 0 unspecified atom stereocenters. The second-order valence-electron chi connectivity index (χ2n) is 7.29. The van der Waals surface area contributed by atoms with Gasteiger partial charge in [-0.15, -0.1) is 0 Å². The first-order valence-electron chi connectivity index (χ1n) is 10.2. The Morgan fingerprint density at radius 1 is 0.848 bits per heavy atom. The summed E-state index contributed by atoms with van der Waals surface area (Å²) in [7, 11) is 3.06. The number of fused-ring (bicyclic) bond motifs is 1. The van der Waals surface area contributed by atoms with Gasteiger partial charge in [-0.2, -0.15) is 0 Å². The quantitative estimate of drug-likeness (QED) is 0.579. The molecule has 2 aliphatic heterocycles. The van der Waals surface area contributed by atoms with Crippen LogP contribution in [0.4, 0.5) is 11.4 Å². The molecule has 0 saturated heterocycles. The Kier molecular flexibility index (Phi) is 5.10. The van der Waals surface area contributed by atoms with Crippen molar-refractivity contribution in [3.8, 4) is 23.0 Å². The number of nitrogens with zero attached hydrogens (tertiary/aromatic N) is 1. The molecule has 33 heavy (non-hydrogen) atoms. The summed E-state index contributed by atoms with van der Waals surface area (Å²) in [4.78, 5) is 28.3. The van der Waals surface area contributed by atoms with Crippen molar-refractivity contribution in [2.24, 2.45) is 0 Å². The Morgan fingerprint density at radius 2 is 1.61 bits per heavy atom. The van der Waals surface area contributed by atoms with E-state index < -0.39 is 11.8 Å². The average Bonchev–Trinajstić information content (AvgIpc) is 3.41. The highest BCUT2D eigenvalue weighted by atomic mass is 16.7. The summed E-state index contributed by atoms with van der Waals surface area (Å²) in [6, 6.07) is 19.1. The standard InChI is InChI=1S/C25H20N2O6/c1-30-17-10-7-15(8-11-17)22-23(26-16-9-12-20-21(13-16)33-14-32-20)25(29)27(24(22)28)18-5-3-4-6-19(18)31-2/h3-13,26H,14H2,1-2H3. The van der Waals surface area contributed by atoms with Gasteiger partial charge in [-0.1, -0.05) is 24.3 Å². The number of hydrogen-bond acceptors (Lipinski definition) is 7. The number of ether oxygens (including phenoxy) is 4. The fourth-order valence-electron chi connectivity index (χ4n) is 3.82. The Hall–Kier alpha value is -4.46. The number of carbonyl (C=O) groups excluding carboxylic acids is 2. The van der Waals surface area contributed by atoms with Crippen LogP contribution < -0.4 is 29.2 Å². The second kappa shape index (κ2) is 8.23. The first-order valence-corrected chi connectivity index (χ1v) is 10.2. The topological polar surface area (TPSA) is 86.3 Å². The van der Waals surface area contributed by atoms with Gasteiger partial charge in [0.2, 0.25) is 6.79 Å². The highest BCUT2D eigenvalue weighted by Gasteiger charge is 2.41. The van der Waals surface area contributed by atoms with Crippen LogP contribution in [-0.2, 0) is 9.59 Å². The van der Waals surface area contributed by atoms with Gasteiger partial charge in [0.1, 0.15) is 17.2 Å². The van der Waals surface area contributed by atoms with Gasteiger partial charge in [0, 0.05) is 11.8 Å². The summed E-state index contributed by atoms with van der Waals surface area (Å²) in [6.45, 7) is 0.136. The summed E-state index contributed by atoms with van der Waals surface area (Å²) in [6.07, 6.45) is 0. The summed E-state index contributed by atoms with van der Waals surface area (Å²) >= 11 is 0. The van der Waals surface area contributed by atoms with E-state index in [9.17, 15) is 9.59 Å². The number of para-hydroxylation sites is 2. The summed E-state index contributed by atoms with van der Waals surface area (Å²) in [5.41, 5.74) is 1.92. The zero-order valence-electron chi connectivity index (χ0n) is 18.0. The second-order valence-corrected chi connectivity index (χ2v) is 7.29. The third-order valence-electron chi connectivity index (χ3n) is 5.43. The smallest absolute Gasteiger partial charge is 0.282 e. The number of hydrogen-bond donors (Lipinski definition) is 1. The van der Waals surface area contributed by atoms with E-state index in [4.69, 9.17) is 18.9 Å². The molecule has 0 atom stereocenters. The molecule has 8 nitrogen and oxygen atoms in total. The molecule has 3 aromatic carbocycles. The molecule has 5 rings (SSSR count). The minimum atomic E-state index is -0.493. The summed E-state index contributed by atoms with van der Waals surface area (Å²) in [5.74, 6) is 1.28. The highest BCUT2D eigenvalue weighted by molar-refractivity contribution is 6.46. The molecule has 166 valence electrons. The third kappa shape index (κ3) is 3.51. The van der Waals surface area contributed by atoms with Crippen molar-refractivity contribution in [2.75, 3.05) is 31.2 Å². The van der Waals surface area contributed by atoms with Crippen LogP contribution in [0, 0.1) is 0 Å². The van der Waals surface area contributed by atoms with Crippen LogP contribution in [0.25, 0.3) is 5.57 Å². The molecule has 8 heteroatoms. The molecule has 2 amide bonds. The van der Waals surface area contributed by atoms with Crippen molar-refractivity contribution < 1.29 is 28.5 Å². The van der Waals surface area contributed by atoms with E-state index in [2.05, 4.69) is 5.32 Å². The third-order valence-corrected chi connectivity index (χ3v) is 5.43. The molecule has 0 saturated carbocycles. The molecule has 0 radical (unpaired) electrons. The largest absolute Gasteiger partial charge is 0.497 e. The molecular formula is C25H20N2O6. The monoisotopic (exact) mass is 444 g/mol. The van der Waals surface area contributed by atoms with Crippen LogP contribution in [0.3, 0.4) is 0 Å². The van der Waals surface area contributed by atoms with Gasteiger partial charge in [-0.3, -0.25) is 9.59 Å². The van der Waals surface area contributed by atoms with Crippen molar-refractivity contribution >= 4 is 28.8 Å². The van der Waals surface area contributed by atoms with E-state index in [1.165, 1.54) is 7.11 Å². The van der Waals surface area contributed by atoms with Crippen LogP contribution in [0.5, 0.6) is 23.0 Å². The van der Waals surface area contributed by atoms with Crippen molar-refractivity contribution in [3.63, 3.8) is 0 Å². The maximum Gasteiger partial charge on any atom is 0.282 e. The van der Waals surface area contributed by atoms with Gasteiger partial charge in [0.15, 0.2) is 11.5 Å². The number of anilines is 2. The molecular weight excluding hydrogens is 424 g/mol. The predicted molar refractivity (Wildman–Crippen MR) is 122 cm³/mol. The molecule has 0 spiro atoms. The fraction of sp³-hybridized carbons (Fsp3) is 0.120. The SMILES string of the molecule is COc1ccc(C2=C(Nc3ccc4c(c3)OCO4)C(=O)N(c3ccccc3OC)C2=O)cc1. The number of methoxy groups -OCH3 is 2. The molecule has 0 fully saturated rings. The lowest BCUT2D eigenvalue weighted by molar-refractivity contribution is -0.120. The Morgan fingerprint density at radius 3 is 2.36 bits per heavy atom. The maximum absolute atomic E-state index is 13.6. The van der Waals surface area contributed by atoms with Gasteiger partial charge in [-0.05, 0) is 42.0 Å². The minimum Gasteiger partial charge on any atom is -0.497 e. The molecule has 2 heterocycles. The Balaban J connectivity index is 1.60. The van der Waals surface area contributed by atoms with Crippen LogP contribution in [0.1, 0.15) is 5.56 Å². The minimum absolute atomic E-state index is 0.136. The Labute approximate surface area is 189 Å². The van der Waals surface area contributed by atoms with Crippen LogP contribution in [0.15, 0.2) is 72.4 Å². The number of nitrogens with one attached hydrogen (secondary N) is 1. The number of rotatable bonds is 6. The highest BCUT2D eigenvalue weighted by Crippen LogP contribution is 2.39. The first kappa shape index (κ1) is 20.4. The van der Waals surface area contributed by atoms with Crippen LogP contribution >= 0.6 is 0 Å². The van der Waals surface area contributed by atoms with Crippen LogP contribution in [-0.4, -0.2) is 32.8 Å². The van der Waals surface area contributed by atoms with E-state index in [-0.39, 0.29) is 18.1 Å². The molecule has 2 aliphatic rings. The zero-order chi connectivity index (χ0) is 22.9. The van der Waals surface area contributed by atoms with Crippen molar-refractivity contribution in [1.82, 2.24) is 0 Å². The Bertz CT molecular complexity index is 1280. The number of imide groups is 1. The molecule has 3 aromatic rings. The average molecular weight is 444 g/mol. The number of benzene rings is 3. The molecule has 0 bridgehead atoms. The van der Waals surface area contributed by atoms with Gasteiger partial charge in [0.25, 0.3) is 11.8 Å². The first-order chi connectivity index (χ1) is 16.1. The van der Waals surface area contributed by atoms with E-state index in [1.807, 2.05) is 0 Å². The van der Waals surface area contributed by atoms with Crippen LogP contribution in [0.2, 0.25) is 0 Å². The zero-order valence-corrected chi connectivity index (χ0v) is 18.0. The van der Waals surface area contributed by atoms with Gasteiger partial charge < -0.3 is 24.3 Å². The van der Waals surface area contributed by atoms with Gasteiger partial charge in [-0.25, -0.2) is 4.90 Å². The van der Waals surface area contributed by atoms with Gasteiger partial charge >= 0.3 is 0 Å². The van der Waals surface area contributed by atoms with Gasteiger partial charge in [0.05, 0.1) is 25.5 Å². The maximum atomic E-state index is 13.6. The number of carbonyl (C=O) groups is 2. The fourth-order valence-corrected chi connectivity index (χ4v) is 3.82. The molecule has 0 aliphatic carbocycles. The van der Waals surface area contributed by atoms with E-state index in [0.29, 0.717) is 39.9 Å². The summed E-state index contributed by atoms with van der Waals surface area (Å²) < 4.78 is 21.4. The lowest BCUT2D eigenvalue weighted by Gasteiger charge is -2.18. The lowest BCUT2D eigenvalue weighted by Crippen LogP contribution is -2.32. The number of amides is 2. The molecule has 1 N–H and O–H groups in total. The normalized spacial score (nSPS) is 14.7. The lowest BCUT2D eigenvalue weighted by atomic mass is 10.0. The van der Waals surface area contributed by atoms with Crippen molar-refractivity contribution in [1.29, 1.82) is 0 Å². The van der Waals surface area contributed by atoms with E-state index in [0.717, 1.165) is 4.90 Å². The van der Waals surface area contributed by atoms with Crippen molar-refractivity contribution in [2.45, 2.75) is 0 Å². The van der Waals surface area contributed by atoms with E-state index in [1.54, 1.807) is 73.8 Å². The molecule has 0 aromatic heterocycles. The predicted octanol–water partition coefficient (Wildman–Crippen LogP) is 3.83. The summed E-state index contributed by atoms with van der Waals surface area (Å²) in [5, 5.41) is 3.13.